The van der Waals surface area contributed by atoms with Gasteiger partial charge in [-0.1, -0.05) is 11.6 Å². The minimum atomic E-state index is -3.67. The van der Waals surface area contributed by atoms with Crippen LogP contribution in [0.5, 0.6) is 0 Å². The third kappa shape index (κ3) is 5.01. The number of nitrogen functional groups attached to an aromatic ring is 1. The maximum Gasteiger partial charge on any atom is 0.242 e. The van der Waals surface area contributed by atoms with Crippen LogP contribution in [0, 0.1) is 0 Å². The summed E-state index contributed by atoms with van der Waals surface area (Å²) in [5.41, 5.74) is 10.4. The molecule has 0 aliphatic rings. The molecular weight excluding hydrogens is 292 g/mol. The fourth-order valence-electron chi connectivity index (χ4n) is 1.29. The van der Waals surface area contributed by atoms with Gasteiger partial charge < -0.3 is 11.5 Å². The number of amides is 1. The van der Waals surface area contributed by atoms with Gasteiger partial charge in [-0.3, -0.25) is 4.79 Å². The van der Waals surface area contributed by atoms with Crippen LogP contribution in [-0.4, -0.2) is 25.9 Å². The Labute approximate surface area is 116 Å². The van der Waals surface area contributed by atoms with Gasteiger partial charge in [0.15, 0.2) is 0 Å². The van der Waals surface area contributed by atoms with Gasteiger partial charge in [-0.15, -0.1) is 0 Å². The smallest absolute Gasteiger partial charge is 0.242 e. The molecule has 0 saturated carbocycles. The molecule has 1 aromatic rings. The van der Waals surface area contributed by atoms with E-state index < -0.39 is 15.9 Å². The fourth-order valence-corrected chi connectivity index (χ4v) is 2.57. The van der Waals surface area contributed by atoms with Crippen molar-refractivity contribution in [2.24, 2.45) is 5.73 Å². The lowest BCUT2D eigenvalue weighted by Crippen LogP contribution is -2.25. The Kier molecular flexibility index (Phi) is 5.52. The number of unbranched alkanes of at least 4 members (excludes halogenated alkanes) is 1. The van der Waals surface area contributed by atoms with Crippen LogP contribution in [0.25, 0.3) is 0 Å². The highest BCUT2D eigenvalue weighted by atomic mass is 35.5. The van der Waals surface area contributed by atoms with Crippen LogP contribution in [0.1, 0.15) is 19.3 Å². The lowest BCUT2D eigenvalue weighted by molar-refractivity contribution is -0.118. The van der Waals surface area contributed by atoms with Gasteiger partial charge in [0.2, 0.25) is 15.9 Å². The second-order valence-electron chi connectivity index (χ2n) is 3.86. The zero-order valence-corrected chi connectivity index (χ0v) is 11.7. The molecule has 0 aromatic carbocycles. The number of carbonyl (C=O) groups excluding carboxylic acids is 1. The third-order valence-electron chi connectivity index (χ3n) is 2.30. The molecule has 0 radical (unpaired) electrons. The Bertz CT molecular complexity index is 562. The van der Waals surface area contributed by atoms with Crippen molar-refractivity contribution < 1.29 is 13.2 Å². The van der Waals surface area contributed by atoms with Crippen molar-refractivity contribution >= 4 is 33.3 Å². The molecule has 9 heteroatoms. The molecule has 106 valence electrons. The van der Waals surface area contributed by atoms with E-state index in [0.717, 1.165) is 6.20 Å². The summed E-state index contributed by atoms with van der Waals surface area (Å²) in [5, 5.41) is 0.0802. The Morgan fingerprint density at radius 1 is 1.42 bits per heavy atom. The van der Waals surface area contributed by atoms with Crippen molar-refractivity contribution in [2.75, 3.05) is 12.3 Å². The van der Waals surface area contributed by atoms with Crippen LogP contribution in [-0.2, 0) is 14.8 Å². The number of primary amides is 1. The second-order valence-corrected chi connectivity index (χ2v) is 6.03. The topological polar surface area (TPSA) is 128 Å². The van der Waals surface area contributed by atoms with Crippen molar-refractivity contribution in [3.63, 3.8) is 0 Å². The highest BCUT2D eigenvalue weighted by molar-refractivity contribution is 7.89. The number of hydrogen-bond acceptors (Lipinski definition) is 5. The molecule has 1 heterocycles. The fraction of sp³-hybridized carbons (Fsp3) is 0.400. The van der Waals surface area contributed by atoms with E-state index in [-0.39, 0.29) is 28.7 Å². The maximum absolute atomic E-state index is 11.9. The number of carbonyl (C=O) groups is 1. The molecule has 1 rings (SSSR count). The number of anilines is 1. The first-order chi connectivity index (χ1) is 8.83. The zero-order valence-electron chi connectivity index (χ0n) is 10.1. The van der Waals surface area contributed by atoms with Gasteiger partial charge >= 0.3 is 0 Å². The molecule has 1 amide bonds. The van der Waals surface area contributed by atoms with Crippen molar-refractivity contribution in [3.8, 4) is 0 Å². The van der Waals surface area contributed by atoms with Gasteiger partial charge in [0, 0.05) is 19.2 Å². The third-order valence-corrected chi connectivity index (χ3v) is 4.03. The van der Waals surface area contributed by atoms with Crippen molar-refractivity contribution in [1.29, 1.82) is 0 Å². The first-order valence-electron chi connectivity index (χ1n) is 5.52. The molecule has 0 aliphatic carbocycles. The molecule has 5 N–H and O–H groups in total. The Hall–Kier alpha value is -1.38. The Morgan fingerprint density at radius 2 is 2.11 bits per heavy atom. The van der Waals surface area contributed by atoms with Crippen LogP contribution in [0.2, 0.25) is 5.02 Å². The van der Waals surface area contributed by atoms with Crippen molar-refractivity contribution in [1.82, 2.24) is 9.71 Å². The molecule has 0 fully saturated rings. The van der Waals surface area contributed by atoms with E-state index in [4.69, 9.17) is 23.1 Å². The summed E-state index contributed by atoms with van der Waals surface area (Å²) < 4.78 is 26.1. The SMILES string of the molecule is NC(=O)CCCCNS(=O)(=O)c1cnc(N)c(Cl)c1. The average molecular weight is 307 g/mol. The molecule has 1 aromatic heterocycles. The van der Waals surface area contributed by atoms with Crippen LogP contribution < -0.4 is 16.2 Å². The summed E-state index contributed by atoms with van der Waals surface area (Å²) in [6, 6.07) is 1.23. The number of pyridine rings is 1. The van der Waals surface area contributed by atoms with Gasteiger partial charge in [0.1, 0.15) is 10.7 Å². The molecule has 0 bridgehead atoms. The normalized spacial score (nSPS) is 11.4. The number of sulfonamides is 1. The maximum atomic E-state index is 11.9. The largest absolute Gasteiger partial charge is 0.382 e. The Balaban J connectivity index is 2.56. The number of rotatable bonds is 7. The van der Waals surface area contributed by atoms with E-state index in [1.165, 1.54) is 6.07 Å². The minimum absolute atomic E-state index is 0.0541. The first-order valence-corrected chi connectivity index (χ1v) is 7.38. The molecule has 0 unspecified atom stereocenters. The summed E-state index contributed by atoms with van der Waals surface area (Å²) in [6.07, 6.45) is 2.40. The lowest BCUT2D eigenvalue weighted by atomic mass is 10.2. The zero-order chi connectivity index (χ0) is 14.5. The number of nitrogens with zero attached hydrogens (tertiary/aromatic N) is 1. The van der Waals surface area contributed by atoms with Crippen molar-refractivity contribution in [2.45, 2.75) is 24.2 Å². The summed E-state index contributed by atoms with van der Waals surface area (Å²) in [7, 11) is -3.67. The predicted octanol–water partition coefficient (Wildman–Crippen LogP) is 0.251. The van der Waals surface area contributed by atoms with Gasteiger partial charge in [-0.2, -0.15) is 0 Å². The predicted molar refractivity (Wildman–Crippen MR) is 71.9 cm³/mol. The van der Waals surface area contributed by atoms with Crippen LogP contribution >= 0.6 is 11.6 Å². The highest BCUT2D eigenvalue weighted by Gasteiger charge is 2.15. The molecule has 19 heavy (non-hydrogen) atoms. The quantitative estimate of drug-likeness (QED) is 0.622. The van der Waals surface area contributed by atoms with Crippen LogP contribution in [0.4, 0.5) is 5.82 Å². The molecule has 0 saturated heterocycles. The Morgan fingerprint density at radius 3 is 2.68 bits per heavy atom. The number of nitrogens with one attached hydrogen (secondary N) is 1. The lowest BCUT2D eigenvalue weighted by Gasteiger charge is -2.07. The second kappa shape index (κ2) is 6.69. The molecule has 0 aliphatic heterocycles. The number of nitrogens with two attached hydrogens (primary N) is 2. The highest BCUT2D eigenvalue weighted by Crippen LogP contribution is 2.19. The van der Waals surface area contributed by atoms with E-state index in [1.54, 1.807) is 0 Å². The van der Waals surface area contributed by atoms with E-state index >= 15 is 0 Å². The van der Waals surface area contributed by atoms with E-state index in [2.05, 4.69) is 9.71 Å². The standard InChI is InChI=1S/C10H15ClN4O3S/c11-8-5-7(6-14-10(8)13)19(17,18)15-4-2-1-3-9(12)16/h5-6,15H,1-4H2,(H2,12,16)(H2,13,14). The number of hydrogen-bond donors (Lipinski definition) is 3. The van der Waals surface area contributed by atoms with Gasteiger partial charge in [0.25, 0.3) is 0 Å². The molecule has 7 nitrogen and oxygen atoms in total. The van der Waals surface area contributed by atoms with Gasteiger partial charge in [0.05, 0.1) is 5.02 Å². The van der Waals surface area contributed by atoms with Gasteiger partial charge in [-0.05, 0) is 18.9 Å². The van der Waals surface area contributed by atoms with Gasteiger partial charge in [-0.25, -0.2) is 18.1 Å². The van der Waals surface area contributed by atoms with Crippen LogP contribution in [0.3, 0.4) is 0 Å². The number of aromatic nitrogens is 1. The monoisotopic (exact) mass is 306 g/mol. The number of halogens is 1. The van der Waals surface area contributed by atoms with Crippen LogP contribution in [0.15, 0.2) is 17.2 Å². The molecule has 0 spiro atoms. The first kappa shape index (κ1) is 15.7. The minimum Gasteiger partial charge on any atom is -0.382 e. The van der Waals surface area contributed by atoms with Crippen molar-refractivity contribution in [3.05, 3.63) is 17.3 Å². The van der Waals surface area contributed by atoms with E-state index in [9.17, 15) is 13.2 Å². The van der Waals surface area contributed by atoms with E-state index in [1.807, 2.05) is 0 Å². The summed E-state index contributed by atoms with van der Waals surface area (Å²) in [5.74, 6) is -0.334. The summed E-state index contributed by atoms with van der Waals surface area (Å²) >= 11 is 5.71. The summed E-state index contributed by atoms with van der Waals surface area (Å²) in [6.45, 7) is 0.206. The molecule has 0 atom stereocenters. The molecular formula is C10H15ClN4O3S. The summed E-state index contributed by atoms with van der Waals surface area (Å²) in [4.78, 5) is 14.1. The van der Waals surface area contributed by atoms with E-state index in [0.29, 0.717) is 12.8 Å². The average Bonchev–Trinajstić information content (AvgIpc) is 2.31.